The third kappa shape index (κ3) is 14.7. The SMILES string of the molecule is C=C(O[Si](C)(C)C(C)(C)C)c1cc(Br)c(F)cc1F.CC(=O)c1cc(Br)c(F)cc1F.CC(=O)c1cc(N2CCNCC2)c(F)cc1F.Fc1ccc(Br)c(F)c1. The van der Waals surface area contributed by atoms with Crippen LogP contribution in [0, 0.1) is 46.5 Å². The second kappa shape index (κ2) is 21.6. The summed E-state index contributed by atoms with van der Waals surface area (Å²) in [5.41, 5.74) is 0.333. The highest BCUT2D eigenvalue weighted by molar-refractivity contribution is 9.11. The fourth-order valence-electron chi connectivity index (χ4n) is 4.47. The van der Waals surface area contributed by atoms with Crippen molar-refractivity contribution in [3.63, 3.8) is 0 Å². The Kier molecular flexibility index (Phi) is 18.8. The molecule has 57 heavy (non-hydrogen) atoms. The van der Waals surface area contributed by atoms with Gasteiger partial charge in [-0.15, -0.1) is 0 Å². The summed E-state index contributed by atoms with van der Waals surface area (Å²) in [6.45, 7) is 19.5. The van der Waals surface area contributed by atoms with Crippen molar-refractivity contribution in [3.05, 3.63) is 138 Å². The van der Waals surface area contributed by atoms with Gasteiger partial charge in [0.15, 0.2) is 11.6 Å². The van der Waals surface area contributed by atoms with E-state index < -0.39 is 60.6 Å². The van der Waals surface area contributed by atoms with Gasteiger partial charge in [0.2, 0.25) is 8.32 Å². The maximum atomic E-state index is 13.8. The molecule has 0 aromatic heterocycles. The molecule has 17 heteroatoms. The van der Waals surface area contributed by atoms with E-state index in [0.29, 0.717) is 24.8 Å². The summed E-state index contributed by atoms with van der Waals surface area (Å²) >= 11 is 8.78. The summed E-state index contributed by atoms with van der Waals surface area (Å²) in [5.74, 6) is -5.95. The summed E-state index contributed by atoms with van der Waals surface area (Å²) in [6.07, 6.45) is 0. The molecule has 1 saturated heterocycles. The molecule has 1 aliphatic rings. The molecular weight excluding hydrogens is 976 g/mol. The van der Waals surface area contributed by atoms with Gasteiger partial charge in [-0.05, 0) is 110 Å². The number of piperazine rings is 1. The van der Waals surface area contributed by atoms with Crippen molar-refractivity contribution in [2.75, 3.05) is 31.1 Å². The lowest BCUT2D eigenvalue weighted by atomic mass is 10.1. The van der Waals surface area contributed by atoms with E-state index >= 15 is 0 Å². The minimum absolute atomic E-state index is 0.0102. The van der Waals surface area contributed by atoms with E-state index in [9.17, 15) is 44.7 Å². The first-order valence-corrected chi connectivity index (χ1v) is 22.3. The molecule has 0 unspecified atom stereocenters. The first-order chi connectivity index (χ1) is 26.3. The summed E-state index contributed by atoms with van der Waals surface area (Å²) in [6, 6.07) is 9.43. The van der Waals surface area contributed by atoms with Crippen LogP contribution in [0.2, 0.25) is 18.1 Å². The molecule has 0 spiro atoms. The molecule has 0 saturated carbocycles. The third-order valence-electron chi connectivity index (χ3n) is 8.64. The fourth-order valence-corrected chi connectivity index (χ4v) is 6.44. The van der Waals surface area contributed by atoms with Crippen molar-refractivity contribution in [2.45, 2.75) is 52.8 Å². The fraction of sp³-hybridized carbons (Fsp3) is 0.300. The second-order valence-corrected chi connectivity index (χ2v) is 21.3. The number of anilines is 1. The average molecular weight is 1020 g/mol. The van der Waals surface area contributed by atoms with Crippen LogP contribution in [-0.4, -0.2) is 46.1 Å². The average Bonchev–Trinajstić information content (AvgIpc) is 3.10. The van der Waals surface area contributed by atoms with Crippen molar-refractivity contribution in [1.82, 2.24) is 5.32 Å². The van der Waals surface area contributed by atoms with Crippen molar-refractivity contribution in [3.8, 4) is 0 Å². The molecule has 0 aliphatic carbocycles. The second-order valence-electron chi connectivity index (χ2n) is 14.0. The van der Waals surface area contributed by atoms with E-state index in [1.54, 1.807) is 0 Å². The van der Waals surface area contributed by atoms with E-state index in [4.69, 9.17) is 4.43 Å². The topological polar surface area (TPSA) is 58.6 Å². The standard InChI is InChI=1S/C14H19BrF2OSi.C12H14F2N2O.C8H5BrF2O.C6H3BrF2/c1-9(18-19(5,6)14(2,3)4)10-7-11(15)13(17)8-12(10)16;1-8(17)9-6-12(11(14)7-10(9)13)16-4-2-15-3-5-16;1-4(12)5-2-6(9)8(11)3-7(5)10;7-5-2-1-4(8)3-6(5)9/h7-8H,1H2,2-6H3;6-7,15H,2-5H2,1H3;2-3H,1H3;1-3H. The van der Waals surface area contributed by atoms with E-state index in [1.807, 2.05) is 4.90 Å². The van der Waals surface area contributed by atoms with Crippen LogP contribution in [0.5, 0.6) is 0 Å². The summed E-state index contributed by atoms with van der Waals surface area (Å²) in [5, 5.41) is 3.14. The molecule has 1 aliphatic heterocycles. The van der Waals surface area contributed by atoms with Crippen LogP contribution in [0.1, 0.15) is 60.9 Å². The van der Waals surface area contributed by atoms with E-state index in [0.717, 1.165) is 37.4 Å². The molecule has 0 amide bonds. The van der Waals surface area contributed by atoms with Gasteiger partial charge in [-0.25, -0.2) is 35.1 Å². The number of halogens is 11. The van der Waals surface area contributed by atoms with Crippen LogP contribution in [0.25, 0.3) is 5.76 Å². The molecule has 1 N–H and O–H groups in total. The molecule has 0 bridgehead atoms. The van der Waals surface area contributed by atoms with Crippen LogP contribution in [0.3, 0.4) is 0 Å². The molecule has 1 fully saturated rings. The molecular formula is C40H41Br3F8N2O3Si. The van der Waals surface area contributed by atoms with Crippen LogP contribution in [0.15, 0.2) is 74.6 Å². The number of nitrogens with zero attached hydrogens (tertiary/aromatic N) is 1. The van der Waals surface area contributed by atoms with Crippen molar-refractivity contribution in [2.24, 2.45) is 0 Å². The highest BCUT2D eigenvalue weighted by Crippen LogP contribution is 2.40. The van der Waals surface area contributed by atoms with Gasteiger partial charge in [0.1, 0.15) is 52.3 Å². The zero-order chi connectivity index (χ0) is 43.6. The third-order valence-corrected chi connectivity index (χ3v) is 14.9. The van der Waals surface area contributed by atoms with Crippen molar-refractivity contribution < 1.29 is 49.1 Å². The first-order valence-electron chi connectivity index (χ1n) is 17.0. The maximum absolute atomic E-state index is 13.8. The number of Topliss-reactive ketones (excluding diaryl/α,β-unsaturated/α-hetero) is 2. The van der Waals surface area contributed by atoms with Gasteiger partial charge in [0.25, 0.3) is 0 Å². The largest absolute Gasteiger partial charge is 0.543 e. The van der Waals surface area contributed by atoms with Crippen LogP contribution in [0.4, 0.5) is 40.8 Å². The Morgan fingerprint density at radius 2 is 1.07 bits per heavy atom. The van der Waals surface area contributed by atoms with E-state index in [1.165, 1.54) is 38.1 Å². The molecule has 4 aromatic carbocycles. The predicted molar refractivity (Wildman–Crippen MR) is 221 cm³/mol. The molecule has 4 aromatic rings. The Labute approximate surface area is 353 Å². The number of hydrogen-bond acceptors (Lipinski definition) is 5. The van der Waals surface area contributed by atoms with Gasteiger partial charge in [0, 0.05) is 50.4 Å². The van der Waals surface area contributed by atoms with Crippen molar-refractivity contribution >= 4 is 79.1 Å². The summed E-state index contributed by atoms with van der Waals surface area (Å²) in [7, 11) is -2.08. The predicted octanol–water partition coefficient (Wildman–Crippen LogP) is 13.0. The van der Waals surface area contributed by atoms with Gasteiger partial charge < -0.3 is 14.6 Å². The van der Waals surface area contributed by atoms with E-state index in [2.05, 4.69) is 93.6 Å². The maximum Gasteiger partial charge on any atom is 0.250 e. The van der Waals surface area contributed by atoms with Crippen LogP contribution in [-0.2, 0) is 4.43 Å². The Balaban J connectivity index is 0.000000271. The van der Waals surface area contributed by atoms with Gasteiger partial charge in [-0.2, -0.15) is 0 Å². The Hall–Kier alpha value is -3.38. The van der Waals surface area contributed by atoms with Crippen LogP contribution < -0.4 is 10.2 Å². The summed E-state index contributed by atoms with van der Waals surface area (Å²) in [4.78, 5) is 23.8. The Bertz CT molecular complexity index is 2090. The lowest BCUT2D eigenvalue weighted by molar-refractivity contribution is 0.100. The van der Waals surface area contributed by atoms with Gasteiger partial charge >= 0.3 is 0 Å². The highest BCUT2D eigenvalue weighted by atomic mass is 79.9. The van der Waals surface area contributed by atoms with Gasteiger partial charge in [-0.1, -0.05) is 27.4 Å². The number of carbonyl (C=O) groups excluding carboxylic acids is 2. The van der Waals surface area contributed by atoms with Gasteiger partial charge in [0.05, 0.1) is 35.8 Å². The molecule has 310 valence electrons. The lowest BCUT2D eigenvalue weighted by Crippen LogP contribution is -2.44. The number of nitrogens with one attached hydrogen (secondary N) is 1. The minimum Gasteiger partial charge on any atom is -0.543 e. The number of ketones is 2. The highest BCUT2D eigenvalue weighted by Gasteiger charge is 2.39. The lowest BCUT2D eigenvalue weighted by Gasteiger charge is -2.37. The molecule has 0 atom stereocenters. The number of hydrogen-bond donors (Lipinski definition) is 1. The monoisotopic (exact) mass is 1010 g/mol. The Morgan fingerprint density at radius 1 is 0.649 bits per heavy atom. The Morgan fingerprint density at radius 3 is 1.51 bits per heavy atom. The summed E-state index contributed by atoms with van der Waals surface area (Å²) < 4.78 is 110. The quantitative estimate of drug-likeness (QED) is 0.0686. The smallest absolute Gasteiger partial charge is 0.250 e. The van der Waals surface area contributed by atoms with Gasteiger partial charge in [-0.3, -0.25) is 9.59 Å². The minimum atomic E-state index is -2.08. The zero-order valence-electron chi connectivity index (χ0n) is 32.1. The first kappa shape index (κ1) is 49.8. The molecule has 0 radical (unpaired) electrons. The molecule has 5 rings (SSSR count). The number of rotatable bonds is 6. The van der Waals surface area contributed by atoms with E-state index in [-0.39, 0.29) is 46.7 Å². The molecule has 1 heterocycles. The van der Waals surface area contributed by atoms with Crippen molar-refractivity contribution in [1.29, 1.82) is 0 Å². The number of carbonyl (C=O) groups is 2. The normalized spacial score (nSPS) is 12.6. The van der Waals surface area contributed by atoms with Crippen LogP contribution >= 0.6 is 47.8 Å². The number of benzene rings is 4. The molecule has 5 nitrogen and oxygen atoms in total. The zero-order valence-corrected chi connectivity index (χ0v) is 37.8.